The number of carbonyl (C=O) groups is 2. The highest BCUT2D eigenvalue weighted by atomic mass is 32.2. The number of nitrogens with one attached hydrogen (secondary N) is 2. The van der Waals surface area contributed by atoms with Crippen molar-refractivity contribution in [3.05, 3.63) is 108 Å². The van der Waals surface area contributed by atoms with E-state index in [1.54, 1.807) is 51.4 Å². The number of aromatic nitrogens is 1. The molecule has 0 radical (unpaired) electrons. The molecule has 1 unspecified atom stereocenters. The molecular formula is C32H31N3O6S. The van der Waals surface area contributed by atoms with Crippen molar-refractivity contribution in [2.24, 2.45) is 5.92 Å². The number of pyridine rings is 1. The molecule has 2 heterocycles. The number of aliphatic carboxylic acids is 1. The highest BCUT2D eigenvalue weighted by molar-refractivity contribution is 7.91. The van der Waals surface area contributed by atoms with Gasteiger partial charge in [0.15, 0.2) is 10.6 Å². The number of benzene rings is 2. The second-order valence-corrected chi connectivity index (χ2v) is 12.5. The summed E-state index contributed by atoms with van der Waals surface area (Å²) in [6, 6.07) is 17.2. The Morgan fingerprint density at radius 2 is 1.71 bits per heavy atom. The summed E-state index contributed by atoms with van der Waals surface area (Å²) >= 11 is 0. The third kappa shape index (κ3) is 5.38. The summed E-state index contributed by atoms with van der Waals surface area (Å²) in [6.45, 7) is 4.96. The van der Waals surface area contributed by atoms with Gasteiger partial charge in [-0.1, -0.05) is 68.5 Å². The quantitative estimate of drug-likeness (QED) is 0.242. The summed E-state index contributed by atoms with van der Waals surface area (Å²) in [5.74, 6) is -2.64. The Kier molecular flexibility index (Phi) is 7.85. The van der Waals surface area contributed by atoms with Crippen LogP contribution in [0.4, 0.5) is 0 Å². The van der Waals surface area contributed by atoms with E-state index < -0.39 is 38.7 Å². The third-order valence-corrected chi connectivity index (χ3v) is 9.36. The van der Waals surface area contributed by atoms with Gasteiger partial charge in [0, 0.05) is 29.8 Å². The van der Waals surface area contributed by atoms with Crippen molar-refractivity contribution in [2.45, 2.75) is 38.1 Å². The minimum atomic E-state index is -4.48. The van der Waals surface area contributed by atoms with Gasteiger partial charge in [-0.25, -0.2) is 8.42 Å². The molecule has 10 heteroatoms. The molecule has 0 bridgehead atoms. The van der Waals surface area contributed by atoms with Crippen molar-refractivity contribution < 1.29 is 27.5 Å². The van der Waals surface area contributed by atoms with Gasteiger partial charge in [-0.05, 0) is 59.4 Å². The number of sulfonamides is 1. The van der Waals surface area contributed by atoms with Crippen molar-refractivity contribution in [1.29, 1.82) is 0 Å². The monoisotopic (exact) mass is 585 g/mol. The Hall–Kier alpha value is -4.54. The van der Waals surface area contributed by atoms with E-state index in [0.717, 1.165) is 27.6 Å². The molecule has 2 atom stereocenters. The first-order valence-electron chi connectivity index (χ1n) is 13.5. The second-order valence-electron chi connectivity index (χ2n) is 10.6. The molecule has 0 aliphatic heterocycles. The maximum absolute atomic E-state index is 13.9. The number of carbonyl (C=O) groups excluding carboxylic acids is 1. The highest BCUT2D eigenvalue weighted by Gasteiger charge is 2.46. The van der Waals surface area contributed by atoms with Crippen molar-refractivity contribution in [2.75, 3.05) is 0 Å². The maximum Gasteiger partial charge on any atom is 0.321 e. The molecule has 5 rings (SSSR count). The minimum Gasteiger partial charge on any atom is -0.480 e. The summed E-state index contributed by atoms with van der Waals surface area (Å²) in [5, 5.41) is 13.1. The predicted molar refractivity (Wildman–Crippen MR) is 161 cm³/mol. The topological polar surface area (TPSA) is 139 Å². The van der Waals surface area contributed by atoms with E-state index in [4.69, 9.17) is 4.42 Å². The van der Waals surface area contributed by atoms with Gasteiger partial charge in [0.2, 0.25) is 10.0 Å². The number of rotatable bonds is 9. The lowest BCUT2D eigenvalue weighted by Crippen LogP contribution is -2.60. The van der Waals surface area contributed by atoms with Crippen LogP contribution < -0.4 is 10.0 Å². The largest absolute Gasteiger partial charge is 0.480 e. The normalized spacial score (nSPS) is 17.7. The molecule has 9 nitrogen and oxygen atoms in total. The molecule has 2 aromatic carbocycles. The van der Waals surface area contributed by atoms with Crippen molar-refractivity contribution in [1.82, 2.24) is 15.0 Å². The third-order valence-electron chi connectivity index (χ3n) is 7.44. The molecule has 0 saturated heterocycles. The predicted octanol–water partition coefficient (Wildman–Crippen LogP) is 5.30. The number of hydrogen-bond acceptors (Lipinski definition) is 6. The molecule has 216 valence electrons. The first-order chi connectivity index (χ1) is 20.0. The van der Waals surface area contributed by atoms with Crippen molar-refractivity contribution >= 4 is 38.4 Å². The molecule has 0 spiro atoms. The number of fused-ring (bicyclic) bond motifs is 1. The molecule has 0 fully saturated rings. The Morgan fingerprint density at radius 1 is 1.00 bits per heavy atom. The van der Waals surface area contributed by atoms with Crippen LogP contribution >= 0.6 is 0 Å². The Morgan fingerprint density at radius 3 is 2.33 bits per heavy atom. The second kappa shape index (κ2) is 11.4. The van der Waals surface area contributed by atoms with Crippen LogP contribution in [0.2, 0.25) is 0 Å². The fourth-order valence-corrected chi connectivity index (χ4v) is 6.81. The molecule has 2 aromatic heterocycles. The highest BCUT2D eigenvalue weighted by Crippen LogP contribution is 2.36. The van der Waals surface area contributed by atoms with E-state index in [0.29, 0.717) is 11.1 Å². The number of aryl methyl sites for hydroxylation is 1. The summed E-state index contributed by atoms with van der Waals surface area (Å²) in [4.78, 5) is 27.8. The molecule has 3 N–H and O–H groups in total. The first-order valence-corrected chi connectivity index (χ1v) is 15.0. The van der Waals surface area contributed by atoms with Gasteiger partial charge in [-0.3, -0.25) is 14.6 Å². The van der Waals surface area contributed by atoms with Crippen LogP contribution in [-0.4, -0.2) is 41.3 Å². The average Bonchev–Trinajstić information content (AvgIpc) is 3.33. The van der Waals surface area contributed by atoms with Crippen LogP contribution in [0, 0.1) is 12.8 Å². The van der Waals surface area contributed by atoms with E-state index in [2.05, 4.69) is 15.0 Å². The van der Waals surface area contributed by atoms with Gasteiger partial charge in [0.25, 0.3) is 5.91 Å². The Labute approximate surface area is 244 Å². The van der Waals surface area contributed by atoms with Crippen LogP contribution in [0.5, 0.6) is 0 Å². The number of amides is 1. The van der Waals surface area contributed by atoms with Crippen molar-refractivity contribution in [3.63, 3.8) is 0 Å². The van der Waals surface area contributed by atoms with E-state index >= 15 is 0 Å². The van der Waals surface area contributed by atoms with Crippen LogP contribution in [0.1, 0.15) is 41.9 Å². The zero-order valence-electron chi connectivity index (χ0n) is 23.4. The van der Waals surface area contributed by atoms with E-state index in [-0.39, 0.29) is 12.2 Å². The molecule has 42 heavy (non-hydrogen) atoms. The zero-order chi connectivity index (χ0) is 30.1. The van der Waals surface area contributed by atoms with Crippen LogP contribution in [0.3, 0.4) is 0 Å². The van der Waals surface area contributed by atoms with Gasteiger partial charge in [0.05, 0.1) is 0 Å². The zero-order valence-corrected chi connectivity index (χ0v) is 24.2. The maximum atomic E-state index is 13.9. The molecule has 4 aromatic rings. The summed E-state index contributed by atoms with van der Waals surface area (Å²) in [6.07, 6.45) is 7.94. The number of carboxylic acid groups (broad SMARTS) is 1. The first kappa shape index (κ1) is 29.0. The van der Waals surface area contributed by atoms with E-state index in [1.165, 1.54) is 6.08 Å². The molecule has 1 aliphatic rings. The van der Waals surface area contributed by atoms with Gasteiger partial charge in [0.1, 0.15) is 11.6 Å². The van der Waals surface area contributed by atoms with Gasteiger partial charge < -0.3 is 14.8 Å². The number of nitrogens with zero attached hydrogens (tertiary/aromatic N) is 1. The van der Waals surface area contributed by atoms with E-state index in [9.17, 15) is 23.1 Å². The SMILES string of the molecule is Cc1c(C(=O)NC2(S(=O)(=O)N[C@H](C(=O)O)C(C)C)C=CC(c3ccccc3)=CC2)oc2cccc(-c3ccncc3)c12. The van der Waals surface area contributed by atoms with E-state index in [1.807, 2.05) is 54.6 Å². The minimum absolute atomic E-state index is 0.0361. The van der Waals surface area contributed by atoms with Crippen LogP contribution in [-0.2, 0) is 14.8 Å². The number of carboxylic acids is 1. The van der Waals surface area contributed by atoms with Gasteiger partial charge in [-0.2, -0.15) is 4.72 Å². The summed E-state index contributed by atoms with van der Waals surface area (Å²) < 4.78 is 36.2. The lowest BCUT2D eigenvalue weighted by Gasteiger charge is -2.34. The van der Waals surface area contributed by atoms with Gasteiger partial charge >= 0.3 is 5.97 Å². The van der Waals surface area contributed by atoms with Crippen molar-refractivity contribution in [3.8, 4) is 11.1 Å². The summed E-state index contributed by atoms with van der Waals surface area (Å²) in [7, 11) is -4.48. The number of allylic oxidation sites excluding steroid dienone is 2. The summed E-state index contributed by atoms with van der Waals surface area (Å²) in [5.41, 5.74) is 4.39. The smallest absolute Gasteiger partial charge is 0.321 e. The fraction of sp³-hybridized carbons (Fsp3) is 0.219. The Bertz CT molecular complexity index is 1810. The Balaban J connectivity index is 1.55. The molecule has 1 amide bonds. The number of hydrogen-bond donors (Lipinski definition) is 3. The molecule has 0 saturated carbocycles. The lowest BCUT2D eigenvalue weighted by molar-refractivity contribution is -0.140. The lowest BCUT2D eigenvalue weighted by atomic mass is 9.96. The average molecular weight is 586 g/mol. The molecular weight excluding hydrogens is 554 g/mol. The van der Waals surface area contributed by atoms with Crippen LogP contribution in [0.15, 0.2) is 95.7 Å². The standard InChI is InChI=1S/C32H31N3O6S/c1-20(2)28(31(37)38)35-42(39,40)32(16-12-23(13-17-32)22-8-5-4-6-9-22)34-30(36)29-21(3)27-25(10-7-11-26(27)41-29)24-14-18-33-19-15-24/h4-16,18-20,28,35H,17H2,1-3H3,(H,34,36)(H,37,38)/t28-,32?/m0/s1. The van der Waals surface area contributed by atoms with Crippen LogP contribution in [0.25, 0.3) is 27.7 Å². The fourth-order valence-electron chi connectivity index (χ4n) is 5.11. The molecule has 1 aliphatic carbocycles. The number of furan rings is 1. The van der Waals surface area contributed by atoms with Gasteiger partial charge in [-0.15, -0.1) is 0 Å².